The smallest absolute Gasteiger partial charge is 0.270 e. The molecular weight excluding hydrogens is 410 g/mol. The van der Waals surface area contributed by atoms with Gasteiger partial charge in [-0.2, -0.15) is 27.4 Å². The van der Waals surface area contributed by atoms with Crippen LogP contribution in [0.5, 0.6) is 0 Å². The van der Waals surface area contributed by atoms with Crippen molar-refractivity contribution in [1.29, 1.82) is 0 Å². The average molecular weight is 430 g/mol. The zero-order valence-electron chi connectivity index (χ0n) is 16.1. The number of benzene rings is 1. The number of allylic oxidation sites excluding steroid dienone is 2. The topological polar surface area (TPSA) is 46.9 Å². The summed E-state index contributed by atoms with van der Waals surface area (Å²) in [6.45, 7) is 3.67. The SMILES string of the molecule is C=CC(=O)n1nc(Nc2ccccc2)c2c1CC(c1ccsc1)(c1ccsc1)C=C2. The molecule has 5 rings (SSSR count). The molecule has 1 aromatic carbocycles. The number of carbonyl (C=O) groups is 1. The molecule has 3 heterocycles. The number of anilines is 2. The summed E-state index contributed by atoms with van der Waals surface area (Å²) in [4.78, 5) is 12.7. The van der Waals surface area contributed by atoms with Crippen LogP contribution in [0.2, 0.25) is 0 Å². The van der Waals surface area contributed by atoms with Crippen LogP contribution in [0.3, 0.4) is 0 Å². The maximum absolute atomic E-state index is 12.7. The fraction of sp³-hybridized carbons (Fsp3) is 0.0833. The Hall–Kier alpha value is -3.22. The first-order valence-corrected chi connectivity index (χ1v) is 11.5. The van der Waals surface area contributed by atoms with Crippen LogP contribution in [0.1, 0.15) is 27.2 Å². The quantitative estimate of drug-likeness (QED) is 0.388. The number of rotatable bonds is 5. The number of aromatic nitrogens is 2. The largest absolute Gasteiger partial charge is 0.338 e. The predicted molar refractivity (Wildman–Crippen MR) is 125 cm³/mol. The Morgan fingerprint density at radius 3 is 2.40 bits per heavy atom. The molecular formula is C24H19N3OS2. The fourth-order valence-electron chi connectivity index (χ4n) is 3.98. The summed E-state index contributed by atoms with van der Waals surface area (Å²) < 4.78 is 1.49. The summed E-state index contributed by atoms with van der Waals surface area (Å²) in [5.41, 5.74) is 4.88. The second kappa shape index (κ2) is 7.55. The van der Waals surface area contributed by atoms with Crippen LogP contribution in [0.25, 0.3) is 6.08 Å². The molecule has 30 heavy (non-hydrogen) atoms. The molecule has 4 nitrogen and oxygen atoms in total. The molecule has 3 aromatic heterocycles. The average Bonchev–Trinajstić information content (AvgIpc) is 3.55. The predicted octanol–water partition coefficient (Wildman–Crippen LogP) is 6.13. The van der Waals surface area contributed by atoms with E-state index >= 15 is 0 Å². The van der Waals surface area contributed by atoms with Gasteiger partial charge < -0.3 is 5.32 Å². The molecule has 4 aromatic rings. The highest BCUT2D eigenvalue weighted by Gasteiger charge is 2.38. The van der Waals surface area contributed by atoms with Crippen molar-refractivity contribution in [2.45, 2.75) is 11.8 Å². The van der Waals surface area contributed by atoms with Crippen LogP contribution in [0, 0.1) is 0 Å². The van der Waals surface area contributed by atoms with Crippen LogP contribution < -0.4 is 5.32 Å². The van der Waals surface area contributed by atoms with Gasteiger partial charge >= 0.3 is 0 Å². The molecule has 0 saturated carbocycles. The zero-order valence-corrected chi connectivity index (χ0v) is 17.7. The number of nitrogens with zero attached hydrogens (tertiary/aromatic N) is 2. The summed E-state index contributed by atoms with van der Waals surface area (Å²) in [6, 6.07) is 14.2. The highest BCUT2D eigenvalue weighted by Crippen LogP contribution is 2.44. The van der Waals surface area contributed by atoms with E-state index < -0.39 is 0 Å². The van der Waals surface area contributed by atoms with Crippen molar-refractivity contribution in [2.24, 2.45) is 0 Å². The molecule has 1 N–H and O–H groups in total. The van der Waals surface area contributed by atoms with Gasteiger partial charge in [0.05, 0.1) is 5.69 Å². The number of hydrogen-bond acceptors (Lipinski definition) is 5. The van der Waals surface area contributed by atoms with Gasteiger partial charge in [0.25, 0.3) is 5.91 Å². The number of nitrogens with one attached hydrogen (secondary N) is 1. The summed E-state index contributed by atoms with van der Waals surface area (Å²) in [6.07, 6.45) is 6.31. The van der Waals surface area contributed by atoms with E-state index in [1.165, 1.54) is 21.9 Å². The van der Waals surface area contributed by atoms with Gasteiger partial charge in [0, 0.05) is 23.1 Å². The van der Waals surface area contributed by atoms with E-state index in [0.29, 0.717) is 12.2 Å². The lowest BCUT2D eigenvalue weighted by Gasteiger charge is -2.33. The minimum Gasteiger partial charge on any atom is -0.338 e. The zero-order chi connectivity index (χ0) is 20.6. The van der Waals surface area contributed by atoms with E-state index in [4.69, 9.17) is 0 Å². The molecule has 0 unspecified atom stereocenters. The summed E-state index contributed by atoms with van der Waals surface area (Å²) in [7, 11) is 0. The van der Waals surface area contributed by atoms with Crippen molar-refractivity contribution < 1.29 is 4.79 Å². The molecule has 0 radical (unpaired) electrons. The standard InChI is InChI=1S/C24H19N3OS2/c1-2-22(28)27-21-14-24(17-9-12-29-15-17,18-10-13-30-16-18)11-8-20(21)23(26-27)25-19-6-4-3-5-7-19/h2-13,15-16H,1,14H2,(H,25,26). The maximum atomic E-state index is 12.7. The first-order valence-electron chi connectivity index (χ1n) is 9.56. The van der Waals surface area contributed by atoms with Crippen molar-refractivity contribution in [2.75, 3.05) is 5.32 Å². The number of hydrogen-bond donors (Lipinski definition) is 1. The van der Waals surface area contributed by atoms with Crippen LogP contribution in [-0.4, -0.2) is 15.7 Å². The lowest BCUT2D eigenvalue weighted by Crippen LogP contribution is -2.31. The van der Waals surface area contributed by atoms with E-state index in [-0.39, 0.29) is 11.3 Å². The van der Waals surface area contributed by atoms with Crippen LogP contribution >= 0.6 is 22.7 Å². The Morgan fingerprint density at radius 2 is 1.80 bits per heavy atom. The van der Waals surface area contributed by atoms with E-state index in [1.807, 2.05) is 30.3 Å². The number of fused-ring (bicyclic) bond motifs is 1. The van der Waals surface area contributed by atoms with Gasteiger partial charge in [-0.15, -0.1) is 5.10 Å². The van der Waals surface area contributed by atoms with E-state index in [0.717, 1.165) is 16.9 Å². The minimum absolute atomic E-state index is 0.229. The fourth-order valence-corrected chi connectivity index (χ4v) is 5.46. The molecule has 0 aliphatic heterocycles. The molecule has 0 amide bonds. The van der Waals surface area contributed by atoms with Gasteiger partial charge in [0.15, 0.2) is 5.82 Å². The number of thiophene rings is 2. The molecule has 0 atom stereocenters. The van der Waals surface area contributed by atoms with Crippen LogP contribution in [-0.2, 0) is 11.8 Å². The molecule has 0 fully saturated rings. The highest BCUT2D eigenvalue weighted by atomic mass is 32.1. The normalized spacial score (nSPS) is 14.3. The van der Waals surface area contributed by atoms with Gasteiger partial charge in [-0.05, 0) is 63.0 Å². The lowest BCUT2D eigenvalue weighted by molar-refractivity contribution is 0.0950. The molecule has 148 valence electrons. The van der Waals surface area contributed by atoms with Crippen molar-refractivity contribution in [1.82, 2.24) is 9.78 Å². The molecule has 1 aliphatic rings. The lowest BCUT2D eigenvalue weighted by atomic mass is 9.70. The van der Waals surface area contributed by atoms with E-state index in [1.54, 1.807) is 22.7 Å². The highest BCUT2D eigenvalue weighted by molar-refractivity contribution is 7.08. The third-order valence-corrected chi connectivity index (χ3v) is 6.86. The van der Waals surface area contributed by atoms with Gasteiger partial charge in [0.2, 0.25) is 0 Å². The first-order chi connectivity index (χ1) is 14.7. The monoisotopic (exact) mass is 429 g/mol. The molecule has 0 bridgehead atoms. The summed E-state index contributed by atoms with van der Waals surface area (Å²) in [5.74, 6) is 0.444. The number of carbonyl (C=O) groups excluding carboxylic acids is 1. The van der Waals surface area contributed by atoms with Gasteiger partial charge in [-0.25, -0.2) is 0 Å². The maximum Gasteiger partial charge on any atom is 0.270 e. The van der Waals surface area contributed by atoms with Gasteiger partial charge in [0.1, 0.15) is 0 Å². The summed E-state index contributed by atoms with van der Waals surface area (Å²) in [5, 5.41) is 16.6. The molecule has 1 aliphatic carbocycles. The van der Waals surface area contributed by atoms with Crippen LogP contribution in [0.4, 0.5) is 11.5 Å². The van der Waals surface area contributed by atoms with Crippen molar-refractivity contribution in [3.05, 3.63) is 105 Å². The van der Waals surface area contributed by atoms with Gasteiger partial charge in [-0.3, -0.25) is 4.79 Å². The Balaban J connectivity index is 1.66. The number of para-hydroxylation sites is 1. The second-order valence-electron chi connectivity index (χ2n) is 7.16. The van der Waals surface area contributed by atoms with Crippen molar-refractivity contribution in [3.63, 3.8) is 0 Å². The first kappa shape index (κ1) is 18.8. The molecule has 0 spiro atoms. The minimum atomic E-state index is -0.323. The summed E-state index contributed by atoms with van der Waals surface area (Å²) >= 11 is 3.37. The Kier molecular flexibility index (Phi) is 4.73. The van der Waals surface area contributed by atoms with Crippen LogP contribution in [0.15, 0.2) is 82.7 Å². The van der Waals surface area contributed by atoms with Crippen molar-refractivity contribution in [3.8, 4) is 0 Å². The second-order valence-corrected chi connectivity index (χ2v) is 8.72. The molecule has 0 saturated heterocycles. The Labute approximate surface area is 182 Å². The van der Waals surface area contributed by atoms with E-state index in [2.05, 4.69) is 62.8 Å². The van der Waals surface area contributed by atoms with E-state index in [9.17, 15) is 4.79 Å². The Morgan fingerprint density at radius 1 is 1.10 bits per heavy atom. The Bertz CT molecular complexity index is 1180. The molecule has 6 heteroatoms. The third kappa shape index (κ3) is 3.05. The third-order valence-electron chi connectivity index (χ3n) is 5.50. The van der Waals surface area contributed by atoms with Crippen molar-refractivity contribution >= 4 is 46.2 Å². The van der Waals surface area contributed by atoms with Gasteiger partial charge in [-0.1, -0.05) is 36.9 Å².